The number of hydrogen-bond donors (Lipinski definition) is 11. The molecular weight excluding hydrogens is 1670 g/mol. The molecule has 4 amide bonds. The van der Waals surface area contributed by atoms with E-state index in [0.29, 0.717) is 93.0 Å². The van der Waals surface area contributed by atoms with Gasteiger partial charge in [-0.1, -0.05) is 60.3 Å². The number of aromatic nitrogens is 16. The molecular formula is C71H80Cl4F12N24O5S. The standard InChI is InChI=1S/C19H19ClF4N6O.C18H16ClF3N6O2.C17H13ClF4N6OS.C17H18ClFN6O.7H2/c1-3-18(4-2,17(31)28-9-19(22,23)24)30-16-13(21)8-27-15(29-16)12-7-26-14-11(12)5-10(20)6-25-14;19-10-5-11-12(7-25-14(11)24-6-10)15-23-3-1-13(27-15)28-17(2-4-30-9-17)16(29)26-8-18(20,21)22;18-8-1-9-10(3-24-13(9)23-2-8)14-25-4-11(19)15(27-14)28-7-30-5-12(28)16(29)26-6-17(20,21)22;1-17(2,16(26)21-6-4-19)25-13-3-5-20-15(24-13)12-9-23-14-11(12)7-10(18)8-22-14;;;;;;;/h5-8H,3-4,9H2,1-2H3,(H,25,26)(H,28,31)(H,27,29,30);1,3,5-7H,2,4,8-9H2,(H,24,25)(H,26,29)(H,23,27,28);1-4,12H,5-7H2,(H,23,24)(H,26,29);3,5,7-9H,4,6H2,1-2H3,(H,21,26)(H,22,23)(H,20,24,25);7*1H/t;;12-;;;;;;;;/m..1......../s1. The molecule has 29 nitrogen and oxygen atoms in total. The fourth-order valence-electron chi connectivity index (χ4n) is 11.8. The Bertz CT molecular complexity index is 5610. The predicted octanol–water partition coefficient (Wildman–Crippen LogP) is 15.4. The minimum atomic E-state index is -4.57. The minimum Gasteiger partial charge on any atom is -0.378 e. The van der Waals surface area contributed by atoms with Crippen LogP contribution in [0.25, 0.3) is 89.7 Å². The largest absolute Gasteiger partial charge is 0.405 e. The molecule has 2 aliphatic rings. The maximum atomic E-state index is 14.5. The van der Waals surface area contributed by atoms with Crippen molar-refractivity contribution in [3.05, 3.63) is 142 Å². The average molecular weight is 1750 g/mol. The summed E-state index contributed by atoms with van der Waals surface area (Å²) in [5.41, 5.74) is 0.909. The van der Waals surface area contributed by atoms with Crippen molar-refractivity contribution in [1.29, 1.82) is 0 Å². The first-order valence-corrected chi connectivity index (χ1v) is 37.5. The van der Waals surface area contributed by atoms with Crippen LogP contribution in [0, 0.1) is 11.6 Å². The number of amides is 4. The molecule has 12 aromatic heterocycles. The summed E-state index contributed by atoms with van der Waals surface area (Å²) in [5.74, 6) is -2.77. The highest BCUT2D eigenvalue weighted by Gasteiger charge is 2.45. The van der Waals surface area contributed by atoms with Gasteiger partial charge in [0.15, 0.2) is 46.6 Å². The van der Waals surface area contributed by atoms with Crippen LogP contribution in [0.15, 0.2) is 111 Å². The lowest BCUT2D eigenvalue weighted by atomic mass is 9.91. The SMILES string of the molecule is CC(C)(Nc1ccnc(-c2c[nH]c3ncc(Cl)cc23)n1)C(=O)NCCF.CCC(CC)(Nc1nc(-c2c[nH]c3ncc(Cl)cc23)ncc1F)C(=O)NCC(F)(F)F.O=C(NCC(F)(F)F)C1(Nc2ccnc(-c3c[nH]c4ncc(Cl)cc34)n2)CCOC1.O=C(NCC(F)(F)F)[C@H]1CSCN1c1nc(-c2c[nH]c3ncc(Cl)cc23)ncc1F.[HH].[HH].[HH].[HH].[HH].[HH].[HH]. The fourth-order valence-corrected chi connectivity index (χ4v) is 13.6. The number of carbonyl (C=O) groups excluding carboxylic acids is 4. The van der Waals surface area contributed by atoms with Gasteiger partial charge in [0, 0.05) is 141 Å². The van der Waals surface area contributed by atoms with Crippen molar-refractivity contribution >= 4 is 149 Å². The van der Waals surface area contributed by atoms with Gasteiger partial charge in [-0.25, -0.2) is 73.0 Å². The summed E-state index contributed by atoms with van der Waals surface area (Å²) in [6, 6.07) is 9.00. The summed E-state index contributed by atoms with van der Waals surface area (Å²) >= 11 is 25.3. The highest BCUT2D eigenvalue weighted by atomic mass is 35.5. The van der Waals surface area contributed by atoms with Crippen molar-refractivity contribution in [1.82, 2.24) is 101 Å². The second kappa shape index (κ2) is 36.5. The van der Waals surface area contributed by atoms with E-state index in [1.807, 2.05) is 16.0 Å². The van der Waals surface area contributed by atoms with Gasteiger partial charge < -0.3 is 66.8 Å². The zero-order valence-corrected chi connectivity index (χ0v) is 65.1. The molecule has 2 fully saturated rings. The number of thioether (sulfide) groups is 1. The molecule has 117 heavy (non-hydrogen) atoms. The summed E-state index contributed by atoms with van der Waals surface area (Å²) in [4.78, 5) is 113. The van der Waals surface area contributed by atoms with Gasteiger partial charge in [-0.05, 0) is 63.1 Å². The maximum Gasteiger partial charge on any atom is 0.405 e. The first-order chi connectivity index (χ1) is 55.5. The molecule has 0 saturated carbocycles. The van der Waals surface area contributed by atoms with Crippen LogP contribution in [-0.4, -0.2) is 202 Å². The van der Waals surface area contributed by atoms with Crippen molar-refractivity contribution < 1.29 is 86.6 Å². The Morgan fingerprint density at radius 3 is 1.47 bits per heavy atom. The number of rotatable bonds is 22. The van der Waals surface area contributed by atoms with Crippen molar-refractivity contribution in [3.63, 3.8) is 0 Å². The van der Waals surface area contributed by atoms with Crippen LogP contribution in [0.5, 0.6) is 0 Å². The Morgan fingerprint density at radius 1 is 0.564 bits per heavy atom. The molecule has 0 aromatic carbocycles. The van der Waals surface area contributed by atoms with Crippen LogP contribution in [0.3, 0.4) is 0 Å². The number of ether oxygens (including phenoxy) is 1. The van der Waals surface area contributed by atoms with Gasteiger partial charge in [-0.15, -0.1) is 11.8 Å². The van der Waals surface area contributed by atoms with Crippen molar-refractivity contribution in [2.24, 2.45) is 0 Å². The molecule has 2 saturated heterocycles. The Balaban J connectivity index is 0.000000341. The zero-order chi connectivity index (χ0) is 84.4. The molecule has 11 N–H and O–H groups in total. The van der Waals surface area contributed by atoms with Crippen LogP contribution in [0.2, 0.25) is 20.1 Å². The second-order valence-corrected chi connectivity index (χ2v) is 29.1. The lowest BCUT2D eigenvalue weighted by molar-refractivity contribution is -0.141. The third kappa shape index (κ3) is 21.5. The molecule has 1 unspecified atom stereocenters. The van der Waals surface area contributed by atoms with E-state index in [9.17, 15) is 71.9 Å². The number of carbonyl (C=O) groups is 4. The molecule has 2 atom stereocenters. The Labute approximate surface area is 688 Å². The molecule has 12 aromatic rings. The monoisotopic (exact) mass is 1750 g/mol. The van der Waals surface area contributed by atoms with Gasteiger partial charge in [0.25, 0.3) is 0 Å². The van der Waals surface area contributed by atoms with Gasteiger partial charge in [0.1, 0.15) is 83.2 Å². The van der Waals surface area contributed by atoms with Gasteiger partial charge in [0.05, 0.1) is 45.0 Å². The smallest absolute Gasteiger partial charge is 0.378 e. The zero-order valence-electron chi connectivity index (χ0n) is 61.3. The van der Waals surface area contributed by atoms with E-state index in [0.717, 1.165) is 23.3 Å². The summed E-state index contributed by atoms with van der Waals surface area (Å²) in [7, 11) is 0. The van der Waals surface area contributed by atoms with E-state index < -0.39 is 96.9 Å². The van der Waals surface area contributed by atoms with E-state index in [-0.39, 0.29) is 95.6 Å². The van der Waals surface area contributed by atoms with Gasteiger partial charge in [0.2, 0.25) is 23.6 Å². The molecule has 632 valence electrons. The molecule has 0 aliphatic carbocycles. The van der Waals surface area contributed by atoms with Crippen LogP contribution in [-0.2, 0) is 23.9 Å². The van der Waals surface area contributed by atoms with E-state index in [2.05, 4.69) is 101 Å². The Hall–Kier alpha value is -11.2. The van der Waals surface area contributed by atoms with Crippen molar-refractivity contribution in [3.8, 4) is 45.6 Å². The molecule has 0 spiro atoms. The molecule has 0 radical (unpaired) electrons. The quantitative estimate of drug-likeness (QED) is 0.0281. The number of nitrogens with one attached hydrogen (secondary N) is 11. The maximum absolute atomic E-state index is 14.5. The average Bonchev–Trinajstić information content (AvgIpc) is 1.66. The Kier molecular flexibility index (Phi) is 27.1. The van der Waals surface area contributed by atoms with E-state index in [1.54, 1.807) is 95.2 Å². The number of pyridine rings is 4. The summed E-state index contributed by atoms with van der Waals surface area (Å²) in [6.45, 7) is 1.74. The normalized spacial score (nSPS) is 15.1. The second-order valence-electron chi connectivity index (χ2n) is 26.3. The number of anilines is 4. The van der Waals surface area contributed by atoms with E-state index in [4.69, 9.17) is 51.1 Å². The lowest BCUT2D eigenvalue weighted by Gasteiger charge is -2.32. The summed E-state index contributed by atoms with van der Waals surface area (Å²) in [5, 5.41) is 21.3. The van der Waals surface area contributed by atoms with E-state index in [1.165, 1.54) is 47.5 Å². The fraction of sp³-hybridized carbons (Fsp3) is 0.324. The molecule has 0 bridgehead atoms. The lowest BCUT2D eigenvalue weighted by Crippen LogP contribution is -2.54. The number of aromatic amines is 4. The minimum absolute atomic E-state index is 0. The first-order valence-electron chi connectivity index (χ1n) is 34.9. The van der Waals surface area contributed by atoms with E-state index >= 15 is 0 Å². The van der Waals surface area contributed by atoms with Crippen LogP contribution >= 0.6 is 58.2 Å². The van der Waals surface area contributed by atoms with Crippen molar-refractivity contribution in [2.45, 2.75) is 88.1 Å². The molecule has 14 heterocycles. The van der Waals surface area contributed by atoms with Gasteiger partial charge >= 0.3 is 18.5 Å². The number of halogens is 16. The third-order valence-electron chi connectivity index (χ3n) is 17.8. The number of H-pyrrole nitrogens is 4. The van der Waals surface area contributed by atoms with Gasteiger partial charge in [-0.2, -0.15) is 39.5 Å². The van der Waals surface area contributed by atoms with Gasteiger partial charge in [-0.3, -0.25) is 19.2 Å². The van der Waals surface area contributed by atoms with Crippen LogP contribution in [0.4, 0.5) is 76.0 Å². The molecule has 46 heteroatoms. The number of hydrogen-bond acceptors (Lipinski definition) is 22. The molecule has 2 aliphatic heterocycles. The highest BCUT2D eigenvalue weighted by molar-refractivity contribution is 7.99. The first kappa shape index (κ1) is 86.6. The third-order valence-corrected chi connectivity index (χ3v) is 19.6. The molecule has 14 rings (SSSR count). The number of alkyl halides is 10. The Morgan fingerprint density at radius 2 is 1.01 bits per heavy atom. The summed E-state index contributed by atoms with van der Waals surface area (Å²) in [6.07, 6.45) is 4.33. The summed E-state index contributed by atoms with van der Waals surface area (Å²) < 4.78 is 159. The van der Waals surface area contributed by atoms with Crippen molar-refractivity contribution in [2.75, 3.05) is 78.5 Å². The predicted molar refractivity (Wildman–Crippen MR) is 429 cm³/mol. The van der Waals surface area contributed by atoms with Crippen LogP contribution < -0.4 is 42.1 Å². The number of fused-ring (bicyclic) bond motifs is 4. The number of nitrogens with zero attached hydrogens (tertiary/aromatic N) is 13. The van der Waals surface area contributed by atoms with Crippen LogP contribution in [0.1, 0.15) is 56.9 Å². The topological polar surface area (TPSA) is 383 Å². The highest BCUT2D eigenvalue weighted by Crippen LogP contribution is 2.37.